The van der Waals surface area contributed by atoms with Gasteiger partial charge in [0.1, 0.15) is 0 Å². The molecule has 6 nitrogen and oxygen atoms in total. The molecule has 1 atom stereocenters. The maximum absolute atomic E-state index is 12.9. The van der Waals surface area contributed by atoms with Crippen molar-refractivity contribution in [3.05, 3.63) is 53.3 Å². The van der Waals surface area contributed by atoms with Crippen molar-refractivity contribution in [2.45, 2.75) is 19.8 Å². The predicted octanol–water partition coefficient (Wildman–Crippen LogP) is 2.59. The summed E-state index contributed by atoms with van der Waals surface area (Å²) in [5, 5.41) is 0. The summed E-state index contributed by atoms with van der Waals surface area (Å²) in [5.74, 6) is 0.435. The molecule has 1 fully saturated rings. The summed E-state index contributed by atoms with van der Waals surface area (Å²) in [5.41, 5.74) is 1.87. The molecule has 2 aromatic rings. The Kier molecular flexibility index (Phi) is 5.30. The molecule has 1 saturated heterocycles. The van der Waals surface area contributed by atoms with Crippen LogP contribution in [-0.4, -0.2) is 53.7 Å². The monoisotopic (exact) mass is 352 g/mol. The van der Waals surface area contributed by atoms with E-state index in [0.29, 0.717) is 35.9 Å². The number of ketones is 1. The largest absolute Gasteiger partial charge is 0.347 e. The maximum Gasteiger partial charge on any atom is 0.257 e. The van der Waals surface area contributed by atoms with Crippen LogP contribution in [0.15, 0.2) is 36.5 Å². The predicted molar refractivity (Wildman–Crippen MR) is 100 cm³/mol. The van der Waals surface area contributed by atoms with Crippen molar-refractivity contribution in [3.63, 3.8) is 0 Å². The van der Waals surface area contributed by atoms with Crippen molar-refractivity contribution in [2.24, 2.45) is 5.92 Å². The third kappa shape index (κ3) is 3.74. The van der Waals surface area contributed by atoms with Gasteiger partial charge in [-0.3, -0.25) is 9.59 Å². The summed E-state index contributed by atoms with van der Waals surface area (Å²) < 4.78 is 0. The zero-order chi connectivity index (χ0) is 18.7. The second-order valence-corrected chi connectivity index (χ2v) is 6.88. The fourth-order valence-corrected chi connectivity index (χ4v) is 3.26. The molecule has 136 valence electrons. The SMILES string of the molecule is Cc1nc(N(C)C)ncc1C(=O)N1CCCC(C(=O)c2ccccc2)C1. The summed E-state index contributed by atoms with van der Waals surface area (Å²) in [6, 6.07) is 9.30. The van der Waals surface area contributed by atoms with Crippen molar-refractivity contribution in [3.8, 4) is 0 Å². The van der Waals surface area contributed by atoms with Crippen LogP contribution in [0, 0.1) is 12.8 Å². The van der Waals surface area contributed by atoms with E-state index in [1.54, 1.807) is 16.0 Å². The molecule has 1 aliphatic heterocycles. The number of likely N-dealkylation sites (tertiary alicyclic amines) is 1. The lowest BCUT2D eigenvalue weighted by atomic mass is 9.89. The Labute approximate surface area is 153 Å². The lowest BCUT2D eigenvalue weighted by molar-refractivity contribution is 0.0635. The van der Waals surface area contributed by atoms with E-state index in [2.05, 4.69) is 9.97 Å². The standard InChI is InChI=1S/C20H24N4O2/c1-14-17(12-21-20(22-14)23(2)3)19(26)24-11-7-10-16(13-24)18(25)15-8-5-4-6-9-15/h4-6,8-9,12,16H,7,10-11,13H2,1-3H3. The van der Waals surface area contributed by atoms with Gasteiger partial charge >= 0.3 is 0 Å². The zero-order valence-corrected chi connectivity index (χ0v) is 15.5. The molecule has 1 unspecified atom stereocenters. The number of Topliss-reactive ketones (excluding diaryl/α,β-unsaturated/α-hetero) is 1. The Hall–Kier alpha value is -2.76. The second-order valence-electron chi connectivity index (χ2n) is 6.88. The third-order valence-electron chi connectivity index (χ3n) is 4.73. The van der Waals surface area contributed by atoms with Gasteiger partial charge < -0.3 is 9.80 Å². The number of hydrogen-bond donors (Lipinski definition) is 0. The molecule has 0 spiro atoms. The summed E-state index contributed by atoms with van der Waals surface area (Å²) in [4.78, 5) is 37.9. The van der Waals surface area contributed by atoms with Crippen LogP contribution in [0.5, 0.6) is 0 Å². The number of amides is 1. The number of nitrogens with zero attached hydrogens (tertiary/aromatic N) is 4. The number of piperidine rings is 1. The van der Waals surface area contributed by atoms with Gasteiger partial charge in [0.2, 0.25) is 5.95 Å². The number of anilines is 1. The molecule has 1 aromatic heterocycles. The molecule has 0 bridgehead atoms. The van der Waals surface area contributed by atoms with Gasteiger partial charge in [-0.2, -0.15) is 0 Å². The van der Waals surface area contributed by atoms with Crippen molar-refractivity contribution < 1.29 is 9.59 Å². The smallest absolute Gasteiger partial charge is 0.257 e. The maximum atomic E-state index is 12.9. The van der Waals surface area contributed by atoms with Gasteiger partial charge in [-0.1, -0.05) is 30.3 Å². The number of carbonyl (C=O) groups is 2. The van der Waals surface area contributed by atoms with Crippen LogP contribution in [0.3, 0.4) is 0 Å². The van der Waals surface area contributed by atoms with Gasteiger partial charge in [0.05, 0.1) is 11.3 Å². The Bertz CT molecular complexity index is 805. The van der Waals surface area contributed by atoms with Crippen LogP contribution >= 0.6 is 0 Å². The minimum atomic E-state index is -0.155. The minimum Gasteiger partial charge on any atom is -0.347 e. The summed E-state index contributed by atoms with van der Waals surface area (Å²) in [6.45, 7) is 2.92. The molecular weight excluding hydrogens is 328 g/mol. The Morgan fingerprint density at radius 1 is 1.19 bits per heavy atom. The Morgan fingerprint density at radius 3 is 2.58 bits per heavy atom. The Balaban J connectivity index is 1.75. The van der Waals surface area contributed by atoms with Crippen LogP contribution in [0.1, 0.15) is 39.3 Å². The molecule has 0 N–H and O–H groups in total. The van der Waals surface area contributed by atoms with E-state index in [1.165, 1.54) is 0 Å². The summed E-state index contributed by atoms with van der Waals surface area (Å²) >= 11 is 0. The van der Waals surface area contributed by atoms with Crippen LogP contribution < -0.4 is 4.90 Å². The van der Waals surface area contributed by atoms with Gasteiger partial charge in [-0.15, -0.1) is 0 Å². The first-order valence-corrected chi connectivity index (χ1v) is 8.87. The van der Waals surface area contributed by atoms with E-state index >= 15 is 0 Å². The number of aryl methyl sites for hydroxylation is 1. The number of rotatable bonds is 4. The molecule has 26 heavy (non-hydrogen) atoms. The third-order valence-corrected chi connectivity index (χ3v) is 4.73. The highest BCUT2D eigenvalue weighted by atomic mass is 16.2. The van der Waals surface area contributed by atoms with Gasteiger partial charge in [0.25, 0.3) is 5.91 Å². The molecule has 6 heteroatoms. The van der Waals surface area contributed by atoms with Crippen molar-refractivity contribution >= 4 is 17.6 Å². The lowest BCUT2D eigenvalue weighted by Crippen LogP contribution is -2.42. The Morgan fingerprint density at radius 2 is 1.92 bits per heavy atom. The fourth-order valence-electron chi connectivity index (χ4n) is 3.26. The molecule has 1 aliphatic rings. The molecule has 2 heterocycles. The van der Waals surface area contributed by atoms with E-state index in [9.17, 15) is 9.59 Å². The molecule has 1 amide bonds. The van der Waals surface area contributed by atoms with Crippen molar-refractivity contribution in [2.75, 3.05) is 32.1 Å². The quantitative estimate of drug-likeness (QED) is 0.791. The molecule has 1 aromatic carbocycles. The summed E-state index contributed by atoms with van der Waals surface area (Å²) in [6.07, 6.45) is 3.22. The number of benzene rings is 1. The van der Waals surface area contributed by atoms with Gasteiger partial charge in [-0.05, 0) is 19.8 Å². The number of hydrogen-bond acceptors (Lipinski definition) is 5. The van der Waals surface area contributed by atoms with E-state index in [1.807, 2.05) is 51.4 Å². The second kappa shape index (κ2) is 7.64. The summed E-state index contributed by atoms with van der Waals surface area (Å²) in [7, 11) is 3.72. The highest BCUT2D eigenvalue weighted by Crippen LogP contribution is 2.23. The van der Waals surface area contributed by atoms with E-state index in [-0.39, 0.29) is 17.6 Å². The number of carbonyl (C=O) groups excluding carboxylic acids is 2. The lowest BCUT2D eigenvalue weighted by Gasteiger charge is -2.32. The number of aromatic nitrogens is 2. The fraction of sp³-hybridized carbons (Fsp3) is 0.400. The van der Waals surface area contributed by atoms with Crippen LogP contribution in [0.25, 0.3) is 0 Å². The average Bonchev–Trinajstić information content (AvgIpc) is 2.67. The topological polar surface area (TPSA) is 66.4 Å². The van der Waals surface area contributed by atoms with Crippen LogP contribution in [0.4, 0.5) is 5.95 Å². The molecule has 0 radical (unpaired) electrons. The highest BCUT2D eigenvalue weighted by Gasteiger charge is 2.30. The minimum absolute atomic E-state index is 0.0987. The van der Waals surface area contributed by atoms with Gasteiger partial charge in [0, 0.05) is 44.9 Å². The molecule has 3 rings (SSSR count). The molecule has 0 saturated carbocycles. The highest BCUT2D eigenvalue weighted by molar-refractivity contribution is 5.99. The zero-order valence-electron chi connectivity index (χ0n) is 15.5. The van der Waals surface area contributed by atoms with E-state index in [0.717, 1.165) is 12.8 Å². The van der Waals surface area contributed by atoms with E-state index < -0.39 is 0 Å². The first kappa shape index (κ1) is 18.0. The molecular formula is C20H24N4O2. The van der Waals surface area contributed by atoms with Gasteiger partial charge in [0.15, 0.2) is 5.78 Å². The van der Waals surface area contributed by atoms with E-state index in [4.69, 9.17) is 0 Å². The molecule has 0 aliphatic carbocycles. The first-order valence-electron chi connectivity index (χ1n) is 8.87. The van der Waals surface area contributed by atoms with Crippen molar-refractivity contribution in [1.29, 1.82) is 0 Å². The van der Waals surface area contributed by atoms with Gasteiger partial charge in [-0.25, -0.2) is 9.97 Å². The first-order chi connectivity index (χ1) is 12.5. The average molecular weight is 352 g/mol. The normalized spacial score (nSPS) is 17.0. The van der Waals surface area contributed by atoms with Crippen LogP contribution in [0.2, 0.25) is 0 Å². The van der Waals surface area contributed by atoms with Crippen LogP contribution in [-0.2, 0) is 0 Å². The van der Waals surface area contributed by atoms with Crippen molar-refractivity contribution in [1.82, 2.24) is 14.9 Å².